The van der Waals surface area contributed by atoms with Crippen LogP contribution in [0.25, 0.3) is 10.8 Å². The molecule has 0 saturated heterocycles. The first-order valence-electron chi connectivity index (χ1n) is 9.51. The van der Waals surface area contributed by atoms with Gasteiger partial charge in [0.1, 0.15) is 0 Å². The Balaban J connectivity index is 0.000000321. The lowest BCUT2D eigenvalue weighted by Crippen LogP contribution is -2.10. The molecule has 0 spiro atoms. The van der Waals surface area contributed by atoms with Crippen molar-refractivity contribution in [1.29, 1.82) is 0 Å². The van der Waals surface area contributed by atoms with E-state index in [1.54, 1.807) is 0 Å². The number of aliphatic hydroxyl groups is 1. The molecule has 4 heteroatoms. The summed E-state index contributed by atoms with van der Waals surface area (Å²) >= 11 is 6.85. The van der Waals surface area contributed by atoms with E-state index < -0.39 is 0 Å². The third-order valence-corrected chi connectivity index (χ3v) is 6.97. The van der Waals surface area contributed by atoms with Gasteiger partial charge in [-0.15, -0.1) is 10.6 Å². The lowest BCUT2D eigenvalue weighted by molar-refractivity contribution is 0.282. The number of rotatable bonds is 7. The molecule has 0 aromatic heterocycles. The Labute approximate surface area is 171 Å². The van der Waals surface area contributed by atoms with Gasteiger partial charge in [-0.05, 0) is 48.1 Å². The Morgan fingerprint density at radius 2 is 1.62 bits per heavy atom. The summed E-state index contributed by atoms with van der Waals surface area (Å²) in [6.45, 7) is 10.1. The van der Waals surface area contributed by atoms with E-state index in [9.17, 15) is 5.11 Å². The van der Waals surface area contributed by atoms with Gasteiger partial charge in [0.2, 0.25) is 15.2 Å². The van der Waals surface area contributed by atoms with Crippen molar-refractivity contribution in [3.05, 3.63) is 46.5 Å². The van der Waals surface area contributed by atoms with Gasteiger partial charge in [0.05, 0.1) is 6.61 Å². The summed E-state index contributed by atoms with van der Waals surface area (Å²) in [4.78, 5) is 2.13. The van der Waals surface area contributed by atoms with Crippen LogP contribution >= 0.6 is 11.6 Å². The van der Waals surface area contributed by atoms with Crippen LogP contribution in [0, 0.1) is 11.8 Å². The highest BCUT2D eigenvalue weighted by molar-refractivity contribution is 6.35. The van der Waals surface area contributed by atoms with Gasteiger partial charge in [0, 0.05) is 11.6 Å². The molecular formula is C22H34AlClNO. The highest BCUT2D eigenvalue weighted by Crippen LogP contribution is 2.27. The smallest absolute Gasteiger partial charge is 0.200 e. The summed E-state index contributed by atoms with van der Waals surface area (Å²) in [6.07, 6.45) is 0. The van der Waals surface area contributed by atoms with Crippen LogP contribution in [0.1, 0.15) is 38.8 Å². The van der Waals surface area contributed by atoms with Crippen molar-refractivity contribution in [2.45, 2.75) is 51.4 Å². The van der Waals surface area contributed by atoms with Crippen LogP contribution in [0.15, 0.2) is 30.3 Å². The summed E-state index contributed by atoms with van der Waals surface area (Å²) in [6, 6.07) is 10.1. The fraction of sp³-hybridized carbons (Fsp3) is 0.545. The van der Waals surface area contributed by atoms with E-state index in [1.807, 2.05) is 38.4 Å². The standard InChI is InChI=1S/C14H16ClNO.2C4H9.Al/c1-16(2)8-11-5-3-4-10-7-14(15)12(9-17)6-13(10)11;2*1-4(2)3;/h3-7,17H,8-9H2,1-2H3;2*4H,1H2,2-3H3;. The van der Waals surface area contributed by atoms with Crippen LogP contribution in [0.3, 0.4) is 0 Å². The maximum Gasteiger partial charge on any atom is 0.200 e. The van der Waals surface area contributed by atoms with Gasteiger partial charge in [-0.1, -0.05) is 69.3 Å². The largest absolute Gasteiger partial charge is 0.392 e. The molecule has 2 nitrogen and oxygen atoms in total. The summed E-state index contributed by atoms with van der Waals surface area (Å²) in [5.74, 6) is 1.86. The van der Waals surface area contributed by atoms with Crippen LogP contribution < -0.4 is 0 Å². The second-order valence-electron chi connectivity index (χ2n) is 8.03. The number of hydrogen-bond donors (Lipinski definition) is 1. The lowest BCUT2D eigenvalue weighted by atomic mass is 10.0. The Bertz CT molecular complexity index is 662. The third-order valence-electron chi connectivity index (χ3n) is 4.07. The average molecular weight is 391 g/mol. The summed E-state index contributed by atoms with van der Waals surface area (Å²) in [5.41, 5.74) is 2.03. The molecule has 0 bridgehead atoms. The fourth-order valence-corrected chi connectivity index (χ4v) is 4.53. The van der Waals surface area contributed by atoms with Gasteiger partial charge in [-0.3, -0.25) is 0 Å². The van der Waals surface area contributed by atoms with Crippen molar-refractivity contribution in [2.75, 3.05) is 14.1 Å². The Hall–Kier alpha value is -0.558. The molecule has 2 aromatic carbocycles. The number of nitrogens with zero attached hydrogens (tertiary/aromatic N) is 1. The molecule has 0 aliphatic heterocycles. The van der Waals surface area contributed by atoms with Crippen molar-refractivity contribution in [3.63, 3.8) is 0 Å². The van der Waals surface area contributed by atoms with Crippen LogP contribution in [-0.2, 0) is 13.2 Å². The Kier molecular flexibility index (Phi) is 10.8. The van der Waals surface area contributed by atoms with Crippen LogP contribution in [0.4, 0.5) is 0 Å². The molecule has 0 heterocycles. The number of benzene rings is 2. The number of hydrogen-bond acceptors (Lipinski definition) is 2. The number of aliphatic hydroxyl groups excluding tert-OH is 1. The molecule has 2 rings (SSSR count). The maximum absolute atomic E-state index is 9.26. The zero-order valence-electron chi connectivity index (χ0n) is 17.2. The molecule has 0 fully saturated rings. The molecule has 0 amide bonds. The molecule has 1 N–H and O–H groups in total. The van der Waals surface area contributed by atoms with Gasteiger partial charge in [-0.2, -0.15) is 0 Å². The average Bonchev–Trinajstić information content (AvgIpc) is 2.54. The Morgan fingerprint density at radius 1 is 1.00 bits per heavy atom. The van der Waals surface area contributed by atoms with Gasteiger partial charge < -0.3 is 10.0 Å². The first-order chi connectivity index (χ1) is 12.2. The Morgan fingerprint density at radius 3 is 2.12 bits per heavy atom. The first kappa shape index (κ1) is 23.5. The minimum absolute atomic E-state index is 0.0227. The van der Waals surface area contributed by atoms with Crippen molar-refractivity contribution >= 4 is 37.6 Å². The van der Waals surface area contributed by atoms with E-state index in [0.29, 0.717) is 5.02 Å². The molecule has 0 atom stereocenters. The van der Waals surface area contributed by atoms with E-state index in [4.69, 9.17) is 11.6 Å². The highest BCUT2D eigenvalue weighted by atomic mass is 35.5. The van der Waals surface area contributed by atoms with E-state index in [1.165, 1.54) is 16.1 Å². The second-order valence-corrected chi connectivity index (χ2v) is 9.95. The molecule has 143 valence electrons. The summed E-state index contributed by atoms with van der Waals surface area (Å²) in [7, 11) is 4.09. The van der Waals surface area contributed by atoms with Gasteiger partial charge >= 0.3 is 0 Å². The van der Waals surface area contributed by atoms with Gasteiger partial charge in [0.25, 0.3) is 0 Å². The molecule has 0 saturated carbocycles. The monoisotopic (exact) mass is 390 g/mol. The fourth-order valence-electron chi connectivity index (χ4n) is 2.77. The van der Waals surface area contributed by atoms with Crippen LogP contribution in [0.2, 0.25) is 15.6 Å². The normalized spacial score (nSPS) is 11.2. The quantitative estimate of drug-likeness (QED) is 0.596. The minimum Gasteiger partial charge on any atom is -0.392 e. The van der Waals surface area contributed by atoms with E-state index in [0.717, 1.165) is 49.9 Å². The number of halogens is 1. The predicted molar refractivity (Wildman–Crippen MR) is 117 cm³/mol. The predicted octanol–water partition coefficient (Wildman–Crippen LogP) is 5.89. The molecule has 0 unspecified atom stereocenters. The summed E-state index contributed by atoms with van der Waals surface area (Å²) < 4.78 is 0. The van der Waals surface area contributed by atoms with E-state index in [2.05, 4.69) is 38.7 Å². The van der Waals surface area contributed by atoms with Crippen molar-refractivity contribution in [3.8, 4) is 0 Å². The molecule has 26 heavy (non-hydrogen) atoms. The molecule has 2 aromatic rings. The van der Waals surface area contributed by atoms with E-state index in [-0.39, 0.29) is 6.61 Å². The van der Waals surface area contributed by atoms with Gasteiger partial charge in [0.15, 0.2) is 0 Å². The van der Waals surface area contributed by atoms with Crippen LogP contribution in [0.5, 0.6) is 0 Å². The van der Waals surface area contributed by atoms with Crippen LogP contribution in [-0.4, -0.2) is 39.3 Å². The van der Waals surface area contributed by atoms with Crippen molar-refractivity contribution in [1.82, 2.24) is 4.90 Å². The molecule has 1 radical (unpaired) electrons. The van der Waals surface area contributed by atoms with Gasteiger partial charge in [-0.25, -0.2) is 0 Å². The van der Waals surface area contributed by atoms with Crippen molar-refractivity contribution < 1.29 is 5.11 Å². The third kappa shape index (κ3) is 8.42. The second kappa shape index (κ2) is 12.0. The SMILES string of the molecule is CC(C)[CH2][Al][CH2]C(C)C.CN(C)Cc1cccc2cc(Cl)c(CO)cc12. The highest BCUT2D eigenvalue weighted by Gasteiger charge is 2.06. The maximum atomic E-state index is 9.26. The molecule has 0 aliphatic rings. The van der Waals surface area contributed by atoms with E-state index >= 15 is 0 Å². The summed E-state index contributed by atoms with van der Waals surface area (Å²) in [5, 5.41) is 15.1. The zero-order chi connectivity index (χ0) is 19.7. The lowest BCUT2D eigenvalue weighted by Gasteiger charge is -2.13. The van der Waals surface area contributed by atoms with Crippen molar-refractivity contribution in [2.24, 2.45) is 11.8 Å². The number of fused-ring (bicyclic) bond motifs is 1. The first-order valence-corrected chi connectivity index (χ1v) is 11.5. The zero-order valence-corrected chi connectivity index (χ0v) is 19.1. The molecular weight excluding hydrogens is 357 g/mol. The molecule has 0 aliphatic carbocycles. The topological polar surface area (TPSA) is 23.5 Å². The minimum atomic E-state index is -0.0227.